The van der Waals surface area contributed by atoms with E-state index >= 15 is 0 Å². The van der Waals surface area contributed by atoms with Gasteiger partial charge in [0.15, 0.2) is 0 Å². The summed E-state index contributed by atoms with van der Waals surface area (Å²) in [5.74, 6) is 0.832. The Kier molecular flexibility index (Phi) is 7.72. The maximum absolute atomic E-state index is 13.4. The van der Waals surface area contributed by atoms with Gasteiger partial charge in [-0.05, 0) is 66.2 Å². The molecule has 4 rings (SSSR count). The number of rotatable bonds is 9. The van der Waals surface area contributed by atoms with E-state index in [1.165, 1.54) is 34.8 Å². The van der Waals surface area contributed by atoms with Gasteiger partial charge in [0.05, 0.1) is 28.2 Å². The minimum atomic E-state index is -3.82. The quantitative estimate of drug-likeness (QED) is 0.306. The first-order chi connectivity index (χ1) is 17.1. The maximum Gasteiger partial charge on any atom is 0.243 e. The lowest BCUT2D eigenvalue weighted by Gasteiger charge is -2.21. The molecule has 0 aliphatic rings. The fraction of sp³-hybridized carbons (Fsp3) is 0.0800. The summed E-state index contributed by atoms with van der Waals surface area (Å²) in [5.41, 5.74) is 1.27. The van der Waals surface area contributed by atoms with Gasteiger partial charge in [-0.15, -0.1) is 0 Å². The lowest BCUT2D eigenvalue weighted by atomic mass is 10.2. The van der Waals surface area contributed by atoms with Gasteiger partial charge in [0.1, 0.15) is 11.5 Å². The van der Waals surface area contributed by atoms with Crippen LogP contribution in [0.5, 0.6) is 0 Å². The molecule has 8 nitrogen and oxygen atoms in total. The first-order valence-corrected chi connectivity index (χ1v) is 14.0. The van der Waals surface area contributed by atoms with Crippen molar-refractivity contribution in [3.05, 3.63) is 113 Å². The van der Waals surface area contributed by atoms with E-state index in [1.54, 1.807) is 66.7 Å². The van der Waals surface area contributed by atoms with Crippen molar-refractivity contribution in [1.29, 1.82) is 0 Å². The summed E-state index contributed by atoms with van der Waals surface area (Å²) in [6.45, 7) is 0.117. The fourth-order valence-corrected chi connectivity index (χ4v) is 5.40. The van der Waals surface area contributed by atoms with Crippen LogP contribution < -0.4 is 5.14 Å². The van der Waals surface area contributed by atoms with E-state index in [0.29, 0.717) is 22.2 Å². The number of sulfonamides is 2. The van der Waals surface area contributed by atoms with E-state index in [9.17, 15) is 16.8 Å². The number of nitrogens with zero attached hydrogens (tertiary/aromatic N) is 2. The molecule has 0 aliphatic carbocycles. The Bertz CT molecular complexity index is 1570. The molecule has 0 saturated heterocycles. The molecule has 0 unspecified atom stereocenters. The predicted octanol–water partition coefficient (Wildman–Crippen LogP) is 4.72. The van der Waals surface area contributed by atoms with Crippen molar-refractivity contribution in [2.24, 2.45) is 10.1 Å². The van der Waals surface area contributed by atoms with Crippen LogP contribution in [0.3, 0.4) is 0 Å². The monoisotopic (exact) mass is 543 g/mol. The van der Waals surface area contributed by atoms with Crippen molar-refractivity contribution in [2.75, 3.05) is 0 Å². The first kappa shape index (κ1) is 25.8. The minimum absolute atomic E-state index is 0.00322. The summed E-state index contributed by atoms with van der Waals surface area (Å²) in [7, 11) is -7.61. The van der Waals surface area contributed by atoms with Gasteiger partial charge in [-0.25, -0.2) is 22.0 Å². The molecule has 2 N–H and O–H groups in total. The second kappa shape index (κ2) is 10.8. The van der Waals surface area contributed by atoms with E-state index in [1.807, 2.05) is 0 Å². The average molecular weight is 544 g/mol. The molecule has 1 aromatic heterocycles. The molecule has 3 aromatic carbocycles. The number of aliphatic imine (C=N–C) groups is 1. The zero-order chi connectivity index (χ0) is 25.8. The first-order valence-electron chi connectivity index (χ1n) is 10.7. The third-order valence-corrected chi connectivity index (χ3v) is 8.16. The van der Waals surface area contributed by atoms with E-state index in [2.05, 4.69) is 4.99 Å². The van der Waals surface area contributed by atoms with Gasteiger partial charge in [-0.1, -0.05) is 41.9 Å². The zero-order valence-electron chi connectivity index (χ0n) is 18.9. The predicted molar refractivity (Wildman–Crippen MR) is 138 cm³/mol. The van der Waals surface area contributed by atoms with Gasteiger partial charge >= 0.3 is 0 Å². The number of hydrogen-bond donors (Lipinski definition) is 1. The van der Waals surface area contributed by atoms with Gasteiger partial charge in [-0.3, -0.25) is 4.99 Å². The lowest BCUT2D eigenvalue weighted by molar-refractivity contribution is 0.357. The topological polar surface area (TPSA) is 123 Å². The summed E-state index contributed by atoms with van der Waals surface area (Å²) in [5, 5.41) is 5.66. The van der Waals surface area contributed by atoms with E-state index in [0.717, 1.165) is 5.56 Å². The maximum atomic E-state index is 13.4. The Hall–Kier alpha value is -3.28. The molecule has 0 spiro atoms. The molecule has 0 atom stereocenters. The van der Waals surface area contributed by atoms with Crippen LogP contribution in [-0.2, 0) is 33.1 Å². The summed E-state index contributed by atoms with van der Waals surface area (Å²) in [4.78, 5) is 4.43. The number of hydrogen-bond acceptors (Lipinski definition) is 6. The smallest absolute Gasteiger partial charge is 0.243 e. The van der Waals surface area contributed by atoms with Crippen LogP contribution in [0, 0.1) is 0 Å². The largest absolute Gasteiger partial charge is 0.459 e. The molecule has 0 fully saturated rings. The van der Waals surface area contributed by atoms with Crippen LogP contribution >= 0.6 is 11.6 Å². The van der Waals surface area contributed by atoms with Crippen molar-refractivity contribution in [2.45, 2.75) is 22.9 Å². The van der Waals surface area contributed by atoms with Crippen LogP contribution in [0.25, 0.3) is 0 Å². The van der Waals surface area contributed by atoms with Gasteiger partial charge in [-0.2, -0.15) is 4.31 Å². The standard InChI is InChI=1S/C25H22ClN3O5S2/c26-20-8-6-19(7-9-20)17-29(36(32,33)25-4-2-1-3-5-25)18-23-13-12-22(34-23)16-28-21-10-14-24(15-11-21)35(27,30)31/h1-16H,17-18H2,(H2,27,30,31). The number of primary sulfonamides is 1. The Morgan fingerprint density at radius 3 is 2.11 bits per heavy atom. The van der Waals surface area contributed by atoms with Crippen molar-refractivity contribution in [3.8, 4) is 0 Å². The van der Waals surface area contributed by atoms with Crippen LogP contribution in [0.4, 0.5) is 5.69 Å². The van der Waals surface area contributed by atoms with Crippen molar-refractivity contribution < 1.29 is 21.3 Å². The summed E-state index contributed by atoms with van der Waals surface area (Å²) in [6, 6.07) is 24.3. The summed E-state index contributed by atoms with van der Waals surface area (Å²) >= 11 is 5.98. The van der Waals surface area contributed by atoms with Crippen LogP contribution in [0.15, 0.2) is 110 Å². The fourth-order valence-electron chi connectivity index (χ4n) is 3.34. The van der Waals surface area contributed by atoms with Crippen LogP contribution in [0.2, 0.25) is 5.02 Å². The summed E-state index contributed by atoms with van der Waals surface area (Å²) < 4.78 is 56.7. The summed E-state index contributed by atoms with van der Waals surface area (Å²) in [6.07, 6.45) is 1.46. The lowest BCUT2D eigenvalue weighted by Crippen LogP contribution is -2.30. The number of benzene rings is 3. The highest BCUT2D eigenvalue weighted by Crippen LogP contribution is 2.23. The minimum Gasteiger partial charge on any atom is -0.459 e. The molecule has 4 aromatic rings. The second-order valence-electron chi connectivity index (χ2n) is 7.81. The highest BCUT2D eigenvalue weighted by Gasteiger charge is 2.26. The van der Waals surface area contributed by atoms with Crippen molar-refractivity contribution in [3.63, 3.8) is 0 Å². The Balaban J connectivity index is 1.55. The highest BCUT2D eigenvalue weighted by molar-refractivity contribution is 7.89. The van der Waals surface area contributed by atoms with Gasteiger partial charge in [0, 0.05) is 11.6 Å². The third-order valence-electron chi connectivity index (χ3n) is 5.17. The van der Waals surface area contributed by atoms with E-state index in [-0.39, 0.29) is 22.9 Å². The van der Waals surface area contributed by atoms with E-state index in [4.69, 9.17) is 21.2 Å². The Morgan fingerprint density at radius 1 is 0.806 bits per heavy atom. The molecule has 0 radical (unpaired) electrons. The average Bonchev–Trinajstić information content (AvgIpc) is 3.31. The van der Waals surface area contributed by atoms with Gasteiger partial charge in [0.25, 0.3) is 0 Å². The number of halogens is 1. The Labute approximate surface area is 214 Å². The van der Waals surface area contributed by atoms with Crippen molar-refractivity contribution in [1.82, 2.24) is 4.31 Å². The molecular weight excluding hydrogens is 522 g/mol. The molecule has 0 amide bonds. The number of nitrogens with two attached hydrogens (primary N) is 1. The SMILES string of the molecule is NS(=O)(=O)c1ccc(N=Cc2ccc(CN(Cc3ccc(Cl)cc3)S(=O)(=O)c3ccccc3)o2)cc1. The van der Waals surface area contributed by atoms with Crippen LogP contribution in [-0.4, -0.2) is 27.4 Å². The van der Waals surface area contributed by atoms with Gasteiger partial charge in [0.2, 0.25) is 20.0 Å². The highest BCUT2D eigenvalue weighted by atomic mass is 35.5. The van der Waals surface area contributed by atoms with Gasteiger partial charge < -0.3 is 4.42 Å². The molecule has 1 heterocycles. The molecule has 0 saturated carbocycles. The molecule has 0 aliphatic heterocycles. The number of furan rings is 1. The molecular formula is C25H22ClN3O5S2. The Morgan fingerprint density at radius 2 is 1.47 bits per heavy atom. The zero-order valence-corrected chi connectivity index (χ0v) is 21.2. The van der Waals surface area contributed by atoms with E-state index < -0.39 is 20.0 Å². The third kappa shape index (κ3) is 6.48. The normalized spacial score (nSPS) is 12.4. The van der Waals surface area contributed by atoms with Crippen molar-refractivity contribution >= 4 is 43.5 Å². The molecule has 186 valence electrons. The molecule has 11 heteroatoms. The molecule has 36 heavy (non-hydrogen) atoms. The molecule has 0 bridgehead atoms. The second-order valence-corrected chi connectivity index (χ2v) is 11.7. The van der Waals surface area contributed by atoms with Crippen LogP contribution in [0.1, 0.15) is 17.1 Å².